The number of esters is 1. The minimum absolute atomic E-state index is 0.0415. The van der Waals surface area contributed by atoms with Crippen LogP contribution < -0.4 is 0 Å². The first-order valence-corrected chi connectivity index (χ1v) is 4.78. The molecule has 0 aromatic carbocycles. The Morgan fingerprint density at radius 1 is 1.53 bits per heavy atom. The molecule has 0 radical (unpaired) electrons. The van der Waals surface area contributed by atoms with Crippen LogP contribution in [0.5, 0.6) is 0 Å². The maximum Gasteiger partial charge on any atom is 0.354 e. The molecule has 1 rings (SSSR count). The number of aromatic nitrogens is 2. The van der Waals surface area contributed by atoms with Crippen LogP contribution >= 0.6 is 0 Å². The summed E-state index contributed by atoms with van der Waals surface area (Å²) in [4.78, 5) is 21.9. The van der Waals surface area contributed by atoms with Gasteiger partial charge in [-0.15, -0.1) is 0 Å². The van der Waals surface area contributed by atoms with E-state index < -0.39 is 24.1 Å². The fourth-order valence-electron chi connectivity index (χ4n) is 1.22. The number of carboxylic acid groups (broad SMARTS) is 1. The van der Waals surface area contributed by atoms with Gasteiger partial charge in [-0.2, -0.15) is 5.10 Å². The zero-order valence-electron chi connectivity index (χ0n) is 8.95. The highest BCUT2D eigenvalue weighted by atomic mass is 16.5. The van der Waals surface area contributed by atoms with Crippen LogP contribution in [0.4, 0.5) is 0 Å². The number of aliphatic hydroxyl groups excluding tert-OH is 2. The molecule has 94 valence electrons. The zero-order chi connectivity index (χ0) is 13.0. The molecule has 0 aliphatic carbocycles. The summed E-state index contributed by atoms with van der Waals surface area (Å²) < 4.78 is 4.50. The number of aliphatic hydroxyl groups is 2. The van der Waals surface area contributed by atoms with Gasteiger partial charge in [0, 0.05) is 5.56 Å². The molecule has 0 aliphatic heterocycles. The van der Waals surface area contributed by atoms with Gasteiger partial charge in [0.05, 0.1) is 12.8 Å². The van der Waals surface area contributed by atoms with Gasteiger partial charge >= 0.3 is 11.9 Å². The molecule has 8 nitrogen and oxygen atoms in total. The fraction of sp³-hybridized carbons (Fsp3) is 0.444. The van der Waals surface area contributed by atoms with E-state index in [1.165, 1.54) is 6.92 Å². The average Bonchev–Trinajstić information content (AvgIpc) is 2.76. The Hall–Kier alpha value is -1.93. The minimum atomic E-state index is -1.86. The van der Waals surface area contributed by atoms with Gasteiger partial charge in [0.1, 0.15) is 11.8 Å². The van der Waals surface area contributed by atoms with Gasteiger partial charge in [0.2, 0.25) is 0 Å². The number of nitrogens with zero attached hydrogens (tertiary/aromatic N) is 1. The van der Waals surface area contributed by atoms with Gasteiger partial charge in [0.15, 0.2) is 6.10 Å². The number of carbonyl (C=O) groups is 2. The third-order valence-electron chi connectivity index (χ3n) is 2.03. The molecule has 1 aromatic rings. The molecule has 1 aromatic heterocycles. The highest BCUT2D eigenvalue weighted by molar-refractivity contribution is 5.87. The van der Waals surface area contributed by atoms with Gasteiger partial charge in [-0.1, -0.05) is 0 Å². The molecule has 0 fully saturated rings. The molecule has 0 spiro atoms. The lowest BCUT2D eigenvalue weighted by Gasteiger charge is -2.15. The summed E-state index contributed by atoms with van der Waals surface area (Å²) in [5, 5.41) is 33.4. The van der Waals surface area contributed by atoms with Gasteiger partial charge in [-0.3, -0.25) is 5.10 Å². The van der Waals surface area contributed by atoms with E-state index in [4.69, 9.17) is 5.11 Å². The van der Waals surface area contributed by atoms with E-state index in [9.17, 15) is 19.8 Å². The van der Waals surface area contributed by atoms with E-state index in [2.05, 4.69) is 14.9 Å². The molecule has 2 unspecified atom stereocenters. The van der Waals surface area contributed by atoms with Crippen LogP contribution in [0.15, 0.2) is 6.20 Å². The van der Waals surface area contributed by atoms with Crippen LogP contribution in [0.1, 0.15) is 29.1 Å². The van der Waals surface area contributed by atoms with Crippen molar-refractivity contribution < 1.29 is 29.6 Å². The highest BCUT2D eigenvalue weighted by Crippen LogP contribution is 2.20. The lowest BCUT2D eigenvalue weighted by Crippen LogP contribution is -2.30. The number of ether oxygens (including phenoxy) is 1. The molecule has 1 heterocycles. The molecule has 17 heavy (non-hydrogen) atoms. The first-order valence-electron chi connectivity index (χ1n) is 4.78. The van der Waals surface area contributed by atoms with Gasteiger partial charge < -0.3 is 20.1 Å². The van der Waals surface area contributed by atoms with Crippen molar-refractivity contribution in [2.24, 2.45) is 0 Å². The second-order valence-corrected chi connectivity index (χ2v) is 3.15. The number of carbonyl (C=O) groups excluding carboxylic acids is 1. The Morgan fingerprint density at radius 3 is 2.71 bits per heavy atom. The number of carboxylic acids is 1. The van der Waals surface area contributed by atoms with E-state index >= 15 is 0 Å². The molecule has 0 bridgehead atoms. The number of hydrogen-bond donors (Lipinski definition) is 4. The van der Waals surface area contributed by atoms with Crippen LogP contribution in [0, 0.1) is 0 Å². The Morgan fingerprint density at radius 2 is 2.18 bits per heavy atom. The maximum absolute atomic E-state index is 11.2. The summed E-state index contributed by atoms with van der Waals surface area (Å²) in [6, 6.07) is 0. The fourth-order valence-corrected chi connectivity index (χ4v) is 1.22. The van der Waals surface area contributed by atoms with Crippen molar-refractivity contribution in [3.8, 4) is 0 Å². The quantitative estimate of drug-likeness (QED) is 0.491. The smallest absolute Gasteiger partial charge is 0.354 e. The second kappa shape index (κ2) is 5.41. The molecule has 4 N–H and O–H groups in total. The lowest BCUT2D eigenvalue weighted by atomic mass is 10.1. The van der Waals surface area contributed by atoms with Crippen molar-refractivity contribution in [2.75, 3.05) is 6.61 Å². The Labute approximate surface area is 95.8 Å². The van der Waals surface area contributed by atoms with Gasteiger partial charge in [-0.05, 0) is 6.92 Å². The van der Waals surface area contributed by atoms with E-state index in [-0.39, 0.29) is 17.9 Å². The molecule has 8 heteroatoms. The van der Waals surface area contributed by atoms with Crippen LogP contribution in [0.2, 0.25) is 0 Å². The number of aromatic carboxylic acids is 1. The largest absolute Gasteiger partial charge is 0.477 e. The summed E-state index contributed by atoms with van der Waals surface area (Å²) in [7, 11) is 0. The van der Waals surface area contributed by atoms with Crippen molar-refractivity contribution in [1.82, 2.24) is 10.2 Å². The van der Waals surface area contributed by atoms with Gasteiger partial charge in [0.25, 0.3) is 0 Å². The van der Waals surface area contributed by atoms with Crippen LogP contribution in [-0.2, 0) is 9.53 Å². The summed E-state index contributed by atoms with van der Waals surface area (Å²) >= 11 is 0. The number of rotatable bonds is 5. The van der Waals surface area contributed by atoms with E-state index in [0.717, 1.165) is 6.20 Å². The molecule has 2 atom stereocenters. The van der Waals surface area contributed by atoms with Gasteiger partial charge in [-0.25, -0.2) is 9.59 Å². The monoisotopic (exact) mass is 244 g/mol. The number of nitrogens with one attached hydrogen (secondary N) is 1. The van der Waals surface area contributed by atoms with E-state index in [0.29, 0.717) is 0 Å². The Kier molecular flexibility index (Phi) is 4.18. The average molecular weight is 244 g/mol. The zero-order valence-corrected chi connectivity index (χ0v) is 8.95. The maximum atomic E-state index is 11.2. The molecule has 0 saturated heterocycles. The summed E-state index contributed by atoms with van der Waals surface area (Å²) in [5.74, 6) is -2.38. The Balaban J connectivity index is 2.88. The SMILES string of the molecule is CCOC(=O)C(O)C(O)c1cn[nH]c1C(=O)O. The van der Waals surface area contributed by atoms with Crippen molar-refractivity contribution in [3.05, 3.63) is 17.5 Å². The minimum Gasteiger partial charge on any atom is -0.477 e. The van der Waals surface area contributed by atoms with Crippen molar-refractivity contribution in [3.63, 3.8) is 0 Å². The normalized spacial score (nSPS) is 14.1. The first kappa shape index (κ1) is 13.1. The van der Waals surface area contributed by atoms with E-state index in [1.54, 1.807) is 0 Å². The molecule has 0 amide bonds. The van der Waals surface area contributed by atoms with Crippen LogP contribution in [0.25, 0.3) is 0 Å². The number of H-pyrrole nitrogens is 1. The summed E-state index contributed by atoms with van der Waals surface area (Å²) in [5.41, 5.74) is -0.570. The predicted octanol–water partition coefficient (Wildman–Crippen LogP) is -0.935. The van der Waals surface area contributed by atoms with Crippen molar-refractivity contribution >= 4 is 11.9 Å². The molecule has 0 saturated carbocycles. The van der Waals surface area contributed by atoms with E-state index in [1.807, 2.05) is 0 Å². The van der Waals surface area contributed by atoms with Crippen molar-refractivity contribution in [1.29, 1.82) is 0 Å². The van der Waals surface area contributed by atoms with Crippen LogP contribution in [-0.4, -0.2) is 50.2 Å². The highest BCUT2D eigenvalue weighted by Gasteiger charge is 2.31. The Bertz CT molecular complexity index is 415. The third kappa shape index (κ3) is 2.80. The third-order valence-corrected chi connectivity index (χ3v) is 2.03. The van der Waals surface area contributed by atoms with Crippen LogP contribution in [0.3, 0.4) is 0 Å². The summed E-state index contributed by atoms with van der Waals surface area (Å²) in [6.45, 7) is 1.58. The predicted molar refractivity (Wildman–Crippen MR) is 53.1 cm³/mol. The topological polar surface area (TPSA) is 133 Å². The van der Waals surface area contributed by atoms with Crippen molar-refractivity contribution in [2.45, 2.75) is 19.1 Å². The standard InChI is InChI=1S/C9H12N2O6/c1-2-17-9(16)7(13)6(12)4-3-10-11-5(4)8(14)15/h3,6-7,12-13H,2H2,1H3,(H,10,11)(H,14,15). The summed E-state index contributed by atoms with van der Waals surface area (Å²) in [6.07, 6.45) is -2.54. The molecular formula is C9H12N2O6. The lowest BCUT2D eigenvalue weighted by molar-refractivity contribution is -0.159. The molecule has 0 aliphatic rings. The number of aromatic amines is 1. The second-order valence-electron chi connectivity index (χ2n) is 3.15. The first-order chi connectivity index (χ1) is 7.99. The number of hydrogen-bond acceptors (Lipinski definition) is 6. The molecular weight excluding hydrogens is 232 g/mol.